The molecule has 0 saturated heterocycles. The number of hydrogen-bond donors (Lipinski definition) is 1. The van der Waals surface area contributed by atoms with Crippen molar-refractivity contribution >= 4 is 40.5 Å². The summed E-state index contributed by atoms with van der Waals surface area (Å²) in [4.78, 5) is 15.2. The van der Waals surface area contributed by atoms with E-state index in [1.165, 1.54) is 0 Å². The van der Waals surface area contributed by atoms with Crippen LogP contribution in [0.15, 0.2) is 66.7 Å². The van der Waals surface area contributed by atoms with E-state index in [0.29, 0.717) is 33.4 Å². The first-order valence-corrected chi connectivity index (χ1v) is 9.33. The lowest BCUT2D eigenvalue weighted by Gasteiger charge is -2.25. The Balaban J connectivity index is 1.89. The van der Waals surface area contributed by atoms with Gasteiger partial charge in [0.2, 0.25) is 5.91 Å². The number of hydrogen-bond acceptors (Lipinski definition) is 2. The van der Waals surface area contributed by atoms with Crippen LogP contribution in [0.25, 0.3) is 0 Å². The van der Waals surface area contributed by atoms with Gasteiger partial charge in [-0.1, -0.05) is 59.6 Å². The molecule has 3 aromatic carbocycles. The summed E-state index contributed by atoms with van der Waals surface area (Å²) in [7, 11) is 0. The van der Waals surface area contributed by atoms with Crippen molar-refractivity contribution in [2.24, 2.45) is 0 Å². The molecule has 136 valence electrons. The van der Waals surface area contributed by atoms with E-state index in [2.05, 4.69) is 0 Å². The summed E-state index contributed by atoms with van der Waals surface area (Å²) in [5.41, 5.74) is 1.97. The molecule has 5 heteroatoms. The molecule has 0 aromatic heterocycles. The molecule has 0 aliphatic carbocycles. The summed E-state index contributed by atoms with van der Waals surface area (Å²) in [6, 6.07) is 20.0. The van der Waals surface area contributed by atoms with Crippen molar-refractivity contribution in [3.8, 4) is 5.75 Å². The van der Waals surface area contributed by atoms with Crippen molar-refractivity contribution in [2.45, 2.75) is 18.8 Å². The molecule has 0 saturated carbocycles. The molecule has 1 atom stereocenters. The van der Waals surface area contributed by atoms with Crippen molar-refractivity contribution in [1.29, 1.82) is 0 Å². The molecular weight excluding hydrogens is 381 g/mol. The molecule has 1 aliphatic heterocycles. The first-order valence-electron chi connectivity index (χ1n) is 8.57. The number of anilines is 2. The number of phenols is 1. The van der Waals surface area contributed by atoms with Crippen LogP contribution >= 0.6 is 23.2 Å². The number of rotatable bonds is 3. The van der Waals surface area contributed by atoms with Gasteiger partial charge in [-0.2, -0.15) is 0 Å². The van der Waals surface area contributed by atoms with Crippen LogP contribution in [0.4, 0.5) is 11.4 Å². The molecular formula is C22H17Cl2NO2. The molecule has 1 amide bonds. The largest absolute Gasteiger partial charge is 0.508 e. The first kappa shape index (κ1) is 17.9. The third-order valence-corrected chi connectivity index (χ3v) is 5.43. The van der Waals surface area contributed by atoms with E-state index >= 15 is 0 Å². The summed E-state index contributed by atoms with van der Waals surface area (Å²) in [5.74, 6) is -0.0175. The highest BCUT2D eigenvalue weighted by molar-refractivity contribution is 6.35. The van der Waals surface area contributed by atoms with Crippen LogP contribution in [0.3, 0.4) is 0 Å². The zero-order chi connectivity index (χ0) is 19.2. The SMILES string of the molecule is CC1(Cc2ccccc2)C(=O)N(c2cc(Cl)cc(Cl)c2)c2cccc(O)c21. The van der Waals surface area contributed by atoms with Gasteiger partial charge in [-0.15, -0.1) is 0 Å². The standard InChI is InChI=1S/C22H17Cl2NO2/c1-22(13-14-6-3-2-4-7-14)20-18(8-5-9-19(20)26)25(21(22)27)17-11-15(23)10-16(24)12-17/h2-12,26H,13H2,1H3. The van der Waals surface area contributed by atoms with Crippen LogP contribution in [0.5, 0.6) is 5.75 Å². The number of aromatic hydroxyl groups is 1. The first-order chi connectivity index (χ1) is 12.9. The minimum atomic E-state index is -0.906. The molecule has 0 radical (unpaired) electrons. The zero-order valence-corrected chi connectivity index (χ0v) is 16.1. The Morgan fingerprint density at radius 3 is 2.30 bits per heavy atom. The summed E-state index contributed by atoms with van der Waals surface area (Å²) in [5, 5.41) is 11.5. The predicted octanol–water partition coefficient (Wildman–Crippen LogP) is 5.88. The second kappa shape index (κ2) is 6.59. The van der Waals surface area contributed by atoms with Gasteiger partial charge in [0.25, 0.3) is 0 Å². The van der Waals surface area contributed by atoms with Crippen LogP contribution in [0, 0.1) is 0 Å². The summed E-state index contributed by atoms with van der Waals surface area (Å²) < 4.78 is 0. The molecule has 1 unspecified atom stereocenters. The number of halogens is 2. The molecule has 1 heterocycles. The monoisotopic (exact) mass is 397 g/mol. The number of carbonyl (C=O) groups is 1. The molecule has 3 nitrogen and oxygen atoms in total. The van der Waals surface area contributed by atoms with E-state index in [0.717, 1.165) is 5.56 Å². The predicted molar refractivity (Wildman–Crippen MR) is 109 cm³/mol. The Hall–Kier alpha value is -2.49. The Labute approximate surface area is 167 Å². The van der Waals surface area contributed by atoms with E-state index in [1.54, 1.807) is 35.2 Å². The molecule has 0 fully saturated rings. The van der Waals surface area contributed by atoms with Crippen molar-refractivity contribution in [2.75, 3.05) is 4.90 Å². The van der Waals surface area contributed by atoms with Gasteiger partial charge in [0, 0.05) is 15.6 Å². The van der Waals surface area contributed by atoms with Crippen LogP contribution in [0.1, 0.15) is 18.1 Å². The molecule has 0 bridgehead atoms. The van der Waals surface area contributed by atoms with Crippen LogP contribution < -0.4 is 4.90 Å². The van der Waals surface area contributed by atoms with Gasteiger partial charge in [0.1, 0.15) is 5.75 Å². The Bertz CT molecular complexity index is 1020. The van der Waals surface area contributed by atoms with Crippen molar-refractivity contribution in [3.63, 3.8) is 0 Å². The van der Waals surface area contributed by atoms with E-state index < -0.39 is 5.41 Å². The van der Waals surface area contributed by atoms with E-state index in [4.69, 9.17) is 23.2 Å². The van der Waals surface area contributed by atoms with E-state index in [1.807, 2.05) is 43.3 Å². The highest BCUT2D eigenvalue weighted by atomic mass is 35.5. The average molecular weight is 398 g/mol. The maximum Gasteiger partial charge on any atom is 0.242 e. The third-order valence-electron chi connectivity index (χ3n) is 4.99. The summed E-state index contributed by atoms with van der Waals surface area (Å²) in [6.07, 6.45) is 0.474. The van der Waals surface area contributed by atoms with Gasteiger partial charge in [-0.3, -0.25) is 9.69 Å². The van der Waals surface area contributed by atoms with Gasteiger partial charge in [0.15, 0.2) is 0 Å². The maximum absolute atomic E-state index is 13.6. The molecule has 3 aromatic rings. The Kier molecular flexibility index (Phi) is 4.37. The molecule has 1 aliphatic rings. The maximum atomic E-state index is 13.6. The topological polar surface area (TPSA) is 40.5 Å². The van der Waals surface area contributed by atoms with Gasteiger partial charge in [-0.25, -0.2) is 0 Å². The fourth-order valence-electron chi connectivity index (χ4n) is 3.84. The van der Waals surface area contributed by atoms with Gasteiger partial charge in [-0.05, 0) is 49.2 Å². The quantitative estimate of drug-likeness (QED) is 0.599. The molecule has 27 heavy (non-hydrogen) atoms. The summed E-state index contributed by atoms with van der Waals surface area (Å²) in [6.45, 7) is 1.87. The van der Waals surface area contributed by atoms with Crippen molar-refractivity contribution in [3.05, 3.63) is 87.9 Å². The lowest BCUT2D eigenvalue weighted by molar-refractivity contribution is -0.122. The number of fused-ring (bicyclic) bond motifs is 1. The smallest absolute Gasteiger partial charge is 0.242 e. The highest BCUT2D eigenvalue weighted by Gasteiger charge is 2.49. The fraction of sp³-hybridized carbons (Fsp3) is 0.136. The minimum absolute atomic E-state index is 0.106. The lowest BCUT2D eigenvalue weighted by Crippen LogP contribution is -2.37. The number of benzene rings is 3. The Morgan fingerprint density at radius 1 is 0.963 bits per heavy atom. The molecule has 1 N–H and O–H groups in total. The van der Waals surface area contributed by atoms with Crippen molar-refractivity contribution < 1.29 is 9.90 Å². The number of amides is 1. The number of phenolic OH excluding ortho intramolecular Hbond substituents is 1. The zero-order valence-electron chi connectivity index (χ0n) is 14.6. The molecule has 4 rings (SSSR count). The van der Waals surface area contributed by atoms with Gasteiger partial charge >= 0.3 is 0 Å². The molecule has 0 spiro atoms. The second-order valence-electron chi connectivity index (χ2n) is 6.93. The van der Waals surface area contributed by atoms with E-state index in [9.17, 15) is 9.90 Å². The Morgan fingerprint density at radius 2 is 1.63 bits per heavy atom. The van der Waals surface area contributed by atoms with Gasteiger partial charge in [0.05, 0.1) is 16.8 Å². The normalized spacial score (nSPS) is 18.6. The lowest BCUT2D eigenvalue weighted by atomic mass is 9.78. The fourth-order valence-corrected chi connectivity index (χ4v) is 4.35. The third kappa shape index (κ3) is 2.97. The number of carbonyl (C=O) groups excluding carboxylic acids is 1. The summed E-state index contributed by atoms with van der Waals surface area (Å²) >= 11 is 12.3. The van der Waals surface area contributed by atoms with Gasteiger partial charge < -0.3 is 5.11 Å². The highest BCUT2D eigenvalue weighted by Crippen LogP contribution is 2.51. The van der Waals surface area contributed by atoms with Crippen molar-refractivity contribution in [1.82, 2.24) is 0 Å². The van der Waals surface area contributed by atoms with Crippen LogP contribution in [-0.2, 0) is 16.6 Å². The second-order valence-corrected chi connectivity index (χ2v) is 7.81. The van der Waals surface area contributed by atoms with Crippen LogP contribution in [0.2, 0.25) is 10.0 Å². The number of nitrogens with zero attached hydrogens (tertiary/aromatic N) is 1. The van der Waals surface area contributed by atoms with Crippen LogP contribution in [-0.4, -0.2) is 11.0 Å². The van der Waals surface area contributed by atoms with E-state index in [-0.39, 0.29) is 11.7 Å². The average Bonchev–Trinajstić information content (AvgIpc) is 2.83. The minimum Gasteiger partial charge on any atom is -0.508 e.